The molecule has 1 aliphatic heterocycles. The first kappa shape index (κ1) is 19.1. The Balaban J connectivity index is 2.26. The molecule has 0 saturated carbocycles. The van der Waals surface area contributed by atoms with Crippen LogP contribution in [0.15, 0.2) is 23.1 Å². The highest BCUT2D eigenvalue weighted by Gasteiger charge is 2.32. The van der Waals surface area contributed by atoms with E-state index in [1.165, 1.54) is 24.2 Å². The molecule has 1 unspecified atom stereocenters. The normalized spacial score (nSPS) is 19.8. The molecule has 2 rings (SSSR count). The summed E-state index contributed by atoms with van der Waals surface area (Å²) in [6, 6.07) is 3.16. The highest BCUT2D eigenvalue weighted by molar-refractivity contribution is 7.93. The quantitative estimate of drug-likeness (QED) is 0.765. The zero-order chi connectivity index (χ0) is 18.1. The second-order valence-corrected chi connectivity index (χ2v) is 10.3. The van der Waals surface area contributed by atoms with Gasteiger partial charge in [-0.3, -0.25) is 4.72 Å². The number of rotatable bonds is 6. The van der Waals surface area contributed by atoms with Crippen molar-refractivity contribution in [3.05, 3.63) is 24.0 Å². The molecule has 24 heavy (non-hydrogen) atoms. The lowest BCUT2D eigenvalue weighted by atomic mass is 10.1. The molecule has 1 saturated heterocycles. The molecule has 0 bridgehead atoms. The molecule has 1 aliphatic rings. The fourth-order valence-electron chi connectivity index (χ4n) is 2.37. The third kappa shape index (κ3) is 3.88. The third-order valence-corrected chi connectivity index (χ3v) is 7.64. The largest absolute Gasteiger partial charge is 0.330 e. The monoisotopic (exact) mass is 379 g/mol. The van der Waals surface area contributed by atoms with Crippen LogP contribution >= 0.6 is 0 Å². The Morgan fingerprint density at radius 2 is 2.00 bits per heavy atom. The molecular formula is C14H22FN3O4S2. The summed E-state index contributed by atoms with van der Waals surface area (Å²) in [6.07, 6.45) is 0.671. The lowest BCUT2D eigenvalue weighted by molar-refractivity contribution is 0.458. The Kier molecular flexibility index (Phi) is 5.53. The van der Waals surface area contributed by atoms with E-state index >= 15 is 0 Å². The van der Waals surface area contributed by atoms with Crippen molar-refractivity contribution < 1.29 is 21.2 Å². The Hall–Kier alpha value is -1.23. The van der Waals surface area contributed by atoms with Crippen molar-refractivity contribution in [3.63, 3.8) is 0 Å². The standard InChI is InChI=1S/C14H22FN3O4S2/c1-10(2)23(19,20)17-14-4-3-12(7-13(14)15)24(21,22)18-6-5-11(8-16)9-18/h3-4,7,10-11,17H,5-6,8-9,16H2,1-2H3. The van der Waals surface area contributed by atoms with Crippen LogP contribution in [0.3, 0.4) is 0 Å². The fraction of sp³-hybridized carbons (Fsp3) is 0.571. The zero-order valence-electron chi connectivity index (χ0n) is 13.6. The summed E-state index contributed by atoms with van der Waals surface area (Å²) >= 11 is 0. The maximum Gasteiger partial charge on any atom is 0.243 e. The summed E-state index contributed by atoms with van der Waals surface area (Å²) in [5.41, 5.74) is 5.28. The predicted octanol–water partition coefficient (Wildman–Crippen LogP) is 0.945. The minimum absolute atomic E-state index is 0.0988. The van der Waals surface area contributed by atoms with E-state index in [-0.39, 0.29) is 16.5 Å². The van der Waals surface area contributed by atoms with Gasteiger partial charge in [0.2, 0.25) is 20.0 Å². The average molecular weight is 379 g/mol. The molecule has 3 N–H and O–H groups in total. The Morgan fingerprint density at radius 1 is 1.33 bits per heavy atom. The van der Waals surface area contributed by atoms with E-state index in [0.717, 1.165) is 12.1 Å². The summed E-state index contributed by atoms with van der Waals surface area (Å²) in [5, 5.41) is -0.738. The number of benzene rings is 1. The van der Waals surface area contributed by atoms with Crippen molar-refractivity contribution in [2.75, 3.05) is 24.4 Å². The number of nitrogens with one attached hydrogen (secondary N) is 1. The van der Waals surface area contributed by atoms with Gasteiger partial charge in [0.1, 0.15) is 5.82 Å². The SMILES string of the molecule is CC(C)S(=O)(=O)Nc1ccc(S(=O)(=O)N2CCC(CN)C2)cc1F. The molecule has 1 heterocycles. The maximum atomic E-state index is 14.2. The number of sulfonamides is 2. The van der Waals surface area contributed by atoms with Gasteiger partial charge in [-0.25, -0.2) is 21.2 Å². The molecule has 1 atom stereocenters. The Bertz CT molecular complexity index is 809. The number of nitrogens with zero attached hydrogens (tertiary/aromatic N) is 1. The molecule has 0 amide bonds. The van der Waals surface area contributed by atoms with Gasteiger partial charge in [-0.2, -0.15) is 4.31 Å². The van der Waals surface area contributed by atoms with E-state index in [2.05, 4.69) is 4.72 Å². The molecule has 0 spiro atoms. The highest BCUT2D eigenvalue weighted by Crippen LogP contribution is 2.26. The molecule has 136 valence electrons. The van der Waals surface area contributed by atoms with Gasteiger partial charge in [0.05, 0.1) is 15.8 Å². The second-order valence-electron chi connectivity index (χ2n) is 6.09. The minimum atomic E-state index is -3.82. The Morgan fingerprint density at radius 3 is 2.50 bits per heavy atom. The van der Waals surface area contributed by atoms with Crippen LogP contribution in [-0.4, -0.2) is 46.0 Å². The lowest BCUT2D eigenvalue weighted by Crippen LogP contribution is -2.30. The van der Waals surface area contributed by atoms with Crippen molar-refractivity contribution in [1.82, 2.24) is 4.31 Å². The van der Waals surface area contributed by atoms with Crippen LogP contribution in [-0.2, 0) is 20.0 Å². The predicted molar refractivity (Wildman–Crippen MR) is 90.0 cm³/mol. The number of hydrogen-bond donors (Lipinski definition) is 2. The molecule has 7 nitrogen and oxygen atoms in total. The lowest BCUT2D eigenvalue weighted by Gasteiger charge is -2.17. The smallest absolute Gasteiger partial charge is 0.243 e. The van der Waals surface area contributed by atoms with E-state index in [1.807, 2.05) is 0 Å². The first-order chi connectivity index (χ1) is 11.1. The van der Waals surface area contributed by atoms with Crippen molar-refractivity contribution in [2.24, 2.45) is 11.7 Å². The first-order valence-electron chi connectivity index (χ1n) is 7.59. The van der Waals surface area contributed by atoms with Gasteiger partial charge >= 0.3 is 0 Å². The summed E-state index contributed by atoms with van der Waals surface area (Å²) in [4.78, 5) is -0.204. The van der Waals surface area contributed by atoms with Crippen LogP contribution in [0, 0.1) is 11.7 Å². The van der Waals surface area contributed by atoms with E-state index in [0.29, 0.717) is 26.1 Å². The summed E-state index contributed by atoms with van der Waals surface area (Å²) < 4.78 is 66.2. The van der Waals surface area contributed by atoms with E-state index in [9.17, 15) is 21.2 Å². The molecule has 1 aromatic carbocycles. The number of nitrogens with two attached hydrogens (primary N) is 1. The van der Waals surface area contributed by atoms with Crippen molar-refractivity contribution in [1.29, 1.82) is 0 Å². The van der Waals surface area contributed by atoms with Gasteiger partial charge in [-0.15, -0.1) is 0 Å². The van der Waals surface area contributed by atoms with Crippen LogP contribution in [0.25, 0.3) is 0 Å². The summed E-state index contributed by atoms with van der Waals surface area (Å²) in [6.45, 7) is 3.96. The van der Waals surface area contributed by atoms with Crippen LogP contribution in [0.4, 0.5) is 10.1 Å². The zero-order valence-corrected chi connectivity index (χ0v) is 15.2. The average Bonchev–Trinajstić information content (AvgIpc) is 2.98. The van der Waals surface area contributed by atoms with E-state index in [1.54, 1.807) is 0 Å². The van der Waals surface area contributed by atoms with E-state index in [4.69, 9.17) is 5.73 Å². The first-order valence-corrected chi connectivity index (χ1v) is 10.6. The van der Waals surface area contributed by atoms with Gasteiger partial charge in [0.25, 0.3) is 0 Å². The van der Waals surface area contributed by atoms with Crippen LogP contribution in [0.5, 0.6) is 0 Å². The number of hydrogen-bond acceptors (Lipinski definition) is 5. The minimum Gasteiger partial charge on any atom is -0.330 e. The fourth-order valence-corrected chi connectivity index (χ4v) is 4.62. The molecule has 0 aliphatic carbocycles. The maximum absolute atomic E-state index is 14.2. The van der Waals surface area contributed by atoms with Gasteiger partial charge in [0.15, 0.2) is 0 Å². The van der Waals surface area contributed by atoms with Crippen LogP contribution in [0.2, 0.25) is 0 Å². The van der Waals surface area contributed by atoms with Crippen LogP contribution < -0.4 is 10.5 Å². The van der Waals surface area contributed by atoms with Gasteiger partial charge < -0.3 is 5.73 Å². The summed E-state index contributed by atoms with van der Waals surface area (Å²) in [7, 11) is -7.53. The van der Waals surface area contributed by atoms with Gasteiger partial charge in [0, 0.05) is 13.1 Å². The number of anilines is 1. The van der Waals surface area contributed by atoms with Gasteiger partial charge in [-0.05, 0) is 50.9 Å². The molecule has 1 fully saturated rings. The Labute approximate surface area is 142 Å². The van der Waals surface area contributed by atoms with Crippen molar-refractivity contribution in [2.45, 2.75) is 30.4 Å². The molecule has 1 aromatic rings. The van der Waals surface area contributed by atoms with Crippen molar-refractivity contribution in [3.8, 4) is 0 Å². The summed E-state index contributed by atoms with van der Waals surface area (Å²) in [5.74, 6) is -0.836. The molecule has 0 radical (unpaired) electrons. The molecular weight excluding hydrogens is 357 g/mol. The third-order valence-electron chi connectivity index (χ3n) is 4.03. The molecule has 10 heteroatoms. The van der Waals surface area contributed by atoms with E-state index < -0.39 is 31.1 Å². The highest BCUT2D eigenvalue weighted by atomic mass is 32.2. The second kappa shape index (κ2) is 6.95. The van der Waals surface area contributed by atoms with Gasteiger partial charge in [-0.1, -0.05) is 0 Å². The van der Waals surface area contributed by atoms with Crippen LogP contribution in [0.1, 0.15) is 20.3 Å². The van der Waals surface area contributed by atoms with Crippen molar-refractivity contribution >= 4 is 25.7 Å². The number of halogens is 1. The molecule has 0 aromatic heterocycles. The topological polar surface area (TPSA) is 110 Å².